The van der Waals surface area contributed by atoms with Gasteiger partial charge in [0.15, 0.2) is 17.4 Å². The van der Waals surface area contributed by atoms with Gasteiger partial charge in [-0.05, 0) is 20.8 Å². The molecule has 0 aliphatic carbocycles. The number of hydrogen-bond donors (Lipinski definition) is 3. The van der Waals surface area contributed by atoms with E-state index in [2.05, 4.69) is 15.6 Å². The summed E-state index contributed by atoms with van der Waals surface area (Å²) in [7, 11) is -3.53. The first-order valence-electron chi connectivity index (χ1n) is 8.39. The maximum absolute atomic E-state index is 12.7. The van der Waals surface area contributed by atoms with Gasteiger partial charge in [0.1, 0.15) is 12.3 Å². The molecule has 0 bridgehead atoms. The predicted octanol–water partition coefficient (Wildman–Crippen LogP) is 0.664. The molecule has 1 aliphatic rings. The first-order chi connectivity index (χ1) is 12.8. The van der Waals surface area contributed by atoms with Crippen LogP contribution in [0.1, 0.15) is 27.2 Å². The van der Waals surface area contributed by atoms with Gasteiger partial charge in [0, 0.05) is 11.8 Å². The highest BCUT2D eigenvalue weighted by Crippen LogP contribution is 2.45. The van der Waals surface area contributed by atoms with Crippen LogP contribution >= 0.6 is 7.60 Å². The number of carbonyl (C=O) groups excluding carboxylic acids is 1. The topological polar surface area (TPSA) is 151 Å². The molecule has 0 spiro atoms. The van der Waals surface area contributed by atoms with E-state index >= 15 is 0 Å². The number of allylic oxidation sites excluding steroid dienone is 1. The Morgan fingerprint density at radius 1 is 1.52 bits per heavy atom. The standard InChI is InChI=1S/C15H24N5O6P/c1-4-24-27(23,25-5-2)14-9-20(19-18-14)8-12-11(21)6-13(26-12)17-7-10(3)15(16)22/h7,9,13,17,21H,4-6,8H2,1-3H3,(H2,16,22)/b10-7-/t13-/m1/s1. The number of ether oxygens (including phenoxy) is 1. The van der Waals surface area contributed by atoms with Crippen molar-refractivity contribution in [2.24, 2.45) is 5.73 Å². The van der Waals surface area contributed by atoms with E-state index < -0.39 is 19.7 Å². The van der Waals surface area contributed by atoms with Crippen LogP contribution < -0.4 is 16.5 Å². The Labute approximate surface area is 156 Å². The van der Waals surface area contributed by atoms with Gasteiger partial charge < -0.3 is 29.9 Å². The minimum Gasteiger partial charge on any atom is -0.509 e. The van der Waals surface area contributed by atoms with Crippen LogP contribution in [0.15, 0.2) is 29.5 Å². The molecule has 1 aliphatic heterocycles. The number of aliphatic hydroxyl groups is 1. The zero-order valence-corrected chi connectivity index (χ0v) is 16.3. The van der Waals surface area contributed by atoms with Crippen molar-refractivity contribution in [1.82, 2.24) is 20.3 Å². The normalized spacial score (nSPS) is 17.9. The van der Waals surface area contributed by atoms with Gasteiger partial charge >= 0.3 is 7.60 Å². The number of aliphatic hydroxyl groups excluding tert-OH is 1. The van der Waals surface area contributed by atoms with Crippen LogP contribution in [0.5, 0.6) is 0 Å². The van der Waals surface area contributed by atoms with Crippen molar-refractivity contribution >= 4 is 18.9 Å². The number of amides is 1. The molecule has 1 aromatic rings. The van der Waals surface area contributed by atoms with Crippen molar-refractivity contribution in [3.8, 4) is 0 Å². The van der Waals surface area contributed by atoms with Gasteiger partial charge in [-0.15, -0.1) is 5.10 Å². The molecule has 12 heteroatoms. The summed E-state index contributed by atoms with van der Waals surface area (Å²) in [6.07, 6.45) is 2.51. The van der Waals surface area contributed by atoms with Crippen LogP contribution in [-0.2, 0) is 29.7 Å². The van der Waals surface area contributed by atoms with E-state index in [1.165, 1.54) is 17.1 Å². The number of aromatic nitrogens is 3. The zero-order chi connectivity index (χ0) is 20.0. The van der Waals surface area contributed by atoms with Gasteiger partial charge in [-0.2, -0.15) is 0 Å². The molecule has 0 unspecified atom stereocenters. The van der Waals surface area contributed by atoms with Crippen LogP contribution in [-0.4, -0.2) is 45.4 Å². The highest BCUT2D eigenvalue weighted by molar-refractivity contribution is 7.61. The number of nitrogens with zero attached hydrogens (tertiary/aromatic N) is 3. The molecule has 2 rings (SSSR count). The van der Waals surface area contributed by atoms with Gasteiger partial charge in [-0.25, -0.2) is 4.68 Å². The van der Waals surface area contributed by atoms with E-state index in [0.717, 1.165) is 0 Å². The zero-order valence-electron chi connectivity index (χ0n) is 15.4. The minimum atomic E-state index is -3.53. The van der Waals surface area contributed by atoms with E-state index in [1.54, 1.807) is 20.8 Å². The van der Waals surface area contributed by atoms with E-state index in [-0.39, 0.29) is 43.1 Å². The number of primary amides is 1. The second kappa shape index (κ2) is 9.03. The van der Waals surface area contributed by atoms with Crippen LogP contribution in [0.4, 0.5) is 0 Å². The predicted molar refractivity (Wildman–Crippen MR) is 95.7 cm³/mol. The fourth-order valence-corrected chi connectivity index (χ4v) is 3.67. The number of carbonyl (C=O) groups is 1. The van der Waals surface area contributed by atoms with Crippen molar-refractivity contribution in [1.29, 1.82) is 0 Å². The maximum Gasteiger partial charge on any atom is 0.383 e. The lowest BCUT2D eigenvalue weighted by molar-refractivity contribution is -0.114. The van der Waals surface area contributed by atoms with Crippen LogP contribution in [0.2, 0.25) is 0 Å². The Balaban J connectivity index is 2.02. The molecule has 1 atom stereocenters. The molecule has 1 amide bonds. The summed E-state index contributed by atoms with van der Waals surface area (Å²) in [5.41, 5.74) is 5.56. The molecule has 4 N–H and O–H groups in total. The Bertz CT molecular complexity index is 779. The molecular weight excluding hydrogens is 377 g/mol. The van der Waals surface area contributed by atoms with Crippen molar-refractivity contribution in [2.45, 2.75) is 40.0 Å². The van der Waals surface area contributed by atoms with Crippen LogP contribution in [0.25, 0.3) is 0 Å². The summed E-state index contributed by atoms with van der Waals surface area (Å²) in [6.45, 7) is 5.44. The average Bonchev–Trinajstić information content (AvgIpc) is 3.21. The van der Waals surface area contributed by atoms with Crippen molar-refractivity contribution in [3.63, 3.8) is 0 Å². The summed E-state index contributed by atoms with van der Waals surface area (Å²) in [4.78, 5) is 11.0. The Hall–Kier alpha value is -2.36. The molecule has 0 saturated carbocycles. The van der Waals surface area contributed by atoms with E-state index in [0.29, 0.717) is 5.57 Å². The van der Waals surface area contributed by atoms with E-state index in [1.807, 2.05) is 0 Å². The van der Waals surface area contributed by atoms with Gasteiger partial charge in [0.2, 0.25) is 5.91 Å². The summed E-state index contributed by atoms with van der Waals surface area (Å²) < 4.78 is 30.1. The third-order valence-corrected chi connectivity index (χ3v) is 5.53. The molecule has 0 radical (unpaired) electrons. The van der Waals surface area contributed by atoms with Crippen LogP contribution in [0.3, 0.4) is 0 Å². The van der Waals surface area contributed by atoms with Crippen molar-refractivity contribution in [3.05, 3.63) is 29.5 Å². The quantitative estimate of drug-likeness (QED) is 0.379. The second-order valence-electron chi connectivity index (χ2n) is 5.65. The molecule has 27 heavy (non-hydrogen) atoms. The van der Waals surface area contributed by atoms with Crippen molar-refractivity contribution < 1.29 is 28.3 Å². The van der Waals surface area contributed by atoms with Gasteiger partial charge in [0.05, 0.1) is 25.8 Å². The van der Waals surface area contributed by atoms with Gasteiger partial charge in [-0.3, -0.25) is 9.36 Å². The molecule has 0 fully saturated rings. The number of nitrogens with one attached hydrogen (secondary N) is 1. The lowest BCUT2D eigenvalue weighted by Crippen LogP contribution is -2.26. The van der Waals surface area contributed by atoms with Crippen molar-refractivity contribution in [2.75, 3.05) is 13.2 Å². The molecule has 0 aromatic carbocycles. The molecule has 11 nitrogen and oxygen atoms in total. The smallest absolute Gasteiger partial charge is 0.383 e. The summed E-state index contributed by atoms with van der Waals surface area (Å²) in [6, 6.07) is 0. The Morgan fingerprint density at radius 3 is 2.78 bits per heavy atom. The van der Waals surface area contributed by atoms with Gasteiger partial charge in [-0.1, -0.05) is 5.21 Å². The first-order valence-corrected chi connectivity index (χ1v) is 9.93. The largest absolute Gasteiger partial charge is 0.509 e. The third-order valence-electron chi connectivity index (χ3n) is 3.57. The molecule has 150 valence electrons. The second-order valence-corrected chi connectivity index (χ2v) is 7.62. The number of rotatable bonds is 10. The monoisotopic (exact) mass is 401 g/mol. The summed E-state index contributed by atoms with van der Waals surface area (Å²) in [5.74, 6) is -0.245. The molecule has 1 aromatic heterocycles. The number of hydrogen-bond acceptors (Lipinski definition) is 9. The average molecular weight is 401 g/mol. The molecule has 0 saturated heterocycles. The lowest BCUT2D eigenvalue weighted by Gasteiger charge is -2.14. The third kappa shape index (κ3) is 5.31. The summed E-state index contributed by atoms with van der Waals surface area (Å²) >= 11 is 0. The first kappa shape index (κ1) is 20.9. The van der Waals surface area contributed by atoms with E-state index in [4.69, 9.17) is 19.5 Å². The number of nitrogens with two attached hydrogens (primary N) is 1. The van der Waals surface area contributed by atoms with E-state index in [9.17, 15) is 14.5 Å². The van der Waals surface area contributed by atoms with Gasteiger partial charge in [0.25, 0.3) is 0 Å². The fourth-order valence-electron chi connectivity index (χ4n) is 2.23. The maximum atomic E-state index is 12.7. The highest BCUT2D eigenvalue weighted by atomic mass is 31.2. The lowest BCUT2D eigenvalue weighted by atomic mass is 10.3. The molecule has 2 heterocycles. The Kier molecular flexibility index (Phi) is 7.00. The molecular formula is C15H24N5O6P. The highest BCUT2D eigenvalue weighted by Gasteiger charge is 2.31. The minimum absolute atomic E-state index is 0.0347. The fraction of sp³-hybridized carbons (Fsp3) is 0.533. The summed E-state index contributed by atoms with van der Waals surface area (Å²) in [5, 5.41) is 20.7. The SMILES string of the molecule is CCOP(=O)(OCC)c1cn(CC2=C(O)C[C@H](N/C=C(/C)C(N)=O)O2)nn1. The Morgan fingerprint density at radius 2 is 2.19 bits per heavy atom. The van der Waals surface area contributed by atoms with Crippen LogP contribution in [0, 0.1) is 0 Å².